The molecule has 1 amide bonds. The molecule has 4 saturated carbocycles. The monoisotopic (exact) mass is 623 g/mol. The van der Waals surface area contributed by atoms with Crippen molar-refractivity contribution in [3.63, 3.8) is 0 Å². The third-order valence-corrected chi connectivity index (χ3v) is 13.0. The summed E-state index contributed by atoms with van der Waals surface area (Å²) in [5.41, 5.74) is -0.446. The molecule has 11 heteroatoms. The molecule has 4 aliphatic carbocycles. The van der Waals surface area contributed by atoms with Gasteiger partial charge in [-0.3, -0.25) is 4.79 Å². The molecule has 0 aromatic heterocycles. The molecule has 0 radical (unpaired) electrons. The Morgan fingerprint density at radius 2 is 1.77 bits per heavy atom. The lowest BCUT2D eigenvalue weighted by Gasteiger charge is -2.63. The molecule has 1 aliphatic heterocycles. The van der Waals surface area contributed by atoms with Crippen LogP contribution in [-0.2, 0) is 19.1 Å². The highest BCUT2D eigenvalue weighted by molar-refractivity contribution is 5.81. The summed E-state index contributed by atoms with van der Waals surface area (Å²) >= 11 is 0. The number of hydrogen-bond acceptors (Lipinski definition) is 10. The number of hydrogen-bond donors (Lipinski definition) is 7. The molecular formula is C33H53NO10. The minimum Gasteiger partial charge on any atom is -0.459 e. The molecule has 0 spiro atoms. The highest BCUT2D eigenvalue weighted by atomic mass is 16.6. The summed E-state index contributed by atoms with van der Waals surface area (Å²) < 4.78 is 10.7. The fraction of sp³-hybridized carbons (Fsp3) is 0.879. The van der Waals surface area contributed by atoms with E-state index in [4.69, 9.17) is 9.47 Å². The fourth-order valence-corrected chi connectivity index (χ4v) is 10.5. The van der Waals surface area contributed by atoms with E-state index < -0.39 is 66.8 Å². The SMILES string of the molecule is C=CC(=O)O[C@@H]1CC[C@@]2(C)[C@@H](C1)C[C@@H](O)[C@@H]1[C@@H]2C[C@H](O)[C@]2(C)[C@@H]([C@H](C)CCC(=O)N[C@H]3C(O)O[C@H](CO)[C@@H](O)[C@@H]3O)CC[C@@H]12. The van der Waals surface area contributed by atoms with E-state index >= 15 is 0 Å². The lowest BCUT2D eigenvalue weighted by Crippen LogP contribution is -2.64. The Bertz CT molecular complexity index is 1070. The lowest BCUT2D eigenvalue weighted by atomic mass is 9.43. The van der Waals surface area contributed by atoms with Crippen molar-refractivity contribution in [1.82, 2.24) is 5.32 Å². The van der Waals surface area contributed by atoms with Crippen molar-refractivity contribution in [2.24, 2.45) is 46.3 Å². The highest BCUT2D eigenvalue weighted by Gasteiger charge is 2.66. The molecule has 1 saturated heterocycles. The van der Waals surface area contributed by atoms with Crippen molar-refractivity contribution in [3.05, 3.63) is 12.7 Å². The molecule has 0 bridgehead atoms. The van der Waals surface area contributed by atoms with Crippen molar-refractivity contribution in [2.75, 3.05) is 6.61 Å². The molecule has 0 aromatic rings. The van der Waals surface area contributed by atoms with Crippen LogP contribution in [0.25, 0.3) is 0 Å². The van der Waals surface area contributed by atoms with Crippen LogP contribution in [-0.4, -0.2) is 98.1 Å². The van der Waals surface area contributed by atoms with Gasteiger partial charge in [0.05, 0.1) is 18.8 Å². The second kappa shape index (κ2) is 12.9. The molecule has 250 valence electrons. The number of carbonyl (C=O) groups excluding carboxylic acids is 2. The fourth-order valence-electron chi connectivity index (χ4n) is 10.5. The van der Waals surface area contributed by atoms with Gasteiger partial charge in [-0.2, -0.15) is 0 Å². The van der Waals surface area contributed by atoms with Gasteiger partial charge in [0.15, 0.2) is 6.29 Å². The van der Waals surface area contributed by atoms with E-state index in [2.05, 4.69) is 32.7 Å². The number of aliphatic hydroxyl groups excluding tert-OH is 6. The Labute approximate surface area is 260 Å². The number of aliphatic hydroxyl groups is 6. The van der Waals surface area contributed by atoms with E-state index in [0.29, 0.717) is 19.3 Å². The summed E-state index contributed by atoms with van der Waals surface area (Å²) in [5, 5.41) is 66.1. The first-order chi connectivity index (χ1) is 20.8. The van der Waals surface area contributed by atoms with Crippen molar-refractivity contribution in [3.8, 4) is 0 Å². The van der Waals surface area contributed by atoms with E-state index in [0.717, 1.165) is 32.1 Å². The molecule has 0 aromatic carbocycles. The summed E-state index contributed by atoms with van der Waals surface area (Å²) in [5.74, 6) is 0.0899. The van der Waals surface area contributed by atoms with E-state index in [1.165, 1.54) is 6.08 Å². The van der Waals surface area contributed by atoms with Crippen LogP contribution in [0.4, 0.5) is 0 Å². The van der Waals surface area contributed by atoms with Crippen molar-refractivity contribution in [1.29, 1.82) is 0 Å². The molecule has 7 N–H and O–H groups in total. The first kappa shape index (κ1) is 33.8. The van der Waals surface area contributed by atoms with Gasteiger partial charge in [-0.1, -0.05) is 27.4 Å². The van der Waals surface area contributed by atoms with Crippen LogP contribution in [0.2, 0.25) is 0 Å². The van der Waals surface area contributed by atoms with Crippen molar-refractivity contribution < 1.29 is 49.7 Å². The summed E-state index contributed by atoms with van der Waals surface area (Å²) in [4.78, 5) is 24.7. The molecule has 5 rings (SSSR count). The largest absolute Gasteiger partial charge is 0.459 e. The van der Waals surface area contributed by atoms with Crippen LogP contribution in [0, 0.1) is 46.3 Å². The summed E-state index contributed by atoms with van der Waals surface area (Å²) in [6.45, 7) is 9.52. The number of carbonyl (C=O) groups is 2. The quantitative estimate of drug-likeness (QED) is 0.152. The second-order valence-electron chi connectivity index (χ2n) is 15.0. The maximum absolute atomic E-state index is 12.9. The van der Waals surface area contributed by atoms with Crippen LogP contribution >= 0.6 is 0 Å². The molecular weight excluding hydrogens is 570 g/mol. The third kappa shape index (κ3) is 5.75. The average molecular weight is 624 g/mol. The van der Waals surface area contributed by atoms with Crippen LogP contribution in [0.3, 0.4) is 0 Å². The zero-order chi connectivity index (χ0) is 32.1. The van der Waals surface area contributed by atoms with E-state index in [1.54, 1.807) is 0 Å². The highest BCUT2D eigenvalue weighted by Crippen LogP contribution is 2.68. The van der Waals surface area contributed by atoms with Gasteiger partial charge in [0.2, 0.25) is 5.91 Å². The Balaban J connectivity index is 1.22. The smallest absolute Gasteiger partial charge is 0.330 e. The van der Waals surface area contributed by atoms with Crippen molar-refractivity contribution >= 4 is 11.9 Å². The first-order valence-electron chi connectivity index (χ1n) is 16.5. The molecule has 1 heterocycles. The van der Waals surface area contributed by atoms with Gasteiger partial charge in [0, 0.05) is 12.5 Å². The van der Waals surface area contributed by atoms with Crippen LogP contribution in [0.5, 0.6) is 0 Å². The number of amides is 1. The molecule has 16 atom stereocenters. The average Bonchev–Trinajstić information content (AvgIpc) is 3.35. The maximum atomic E-state index is 12.9. The Hall–Kier alpha value is -1.60. The van der Waals surface area contributed by atoms with Gasteiger partial charge >= 0.3 is 5.97 Å². The minimum atomic E-state index is -1.56. The molecule has 5 aliphatic rings. The van der Waals surface area contributed by atoms with Gasteiger partial charge in [0.25, 0.3) is 0 Å². The molecule has 44 heavy (non-hydrogen) atoms. The van der Waals surface area contributed by atoms with Crippen LogP contribution in [0.15, 0.2) is 12.7 Å². The number of ether oxygens (including phenoxy) is 2. The van der Waals surface area contributed by atoms with Crippen LogP contribution in [0.1, 0.15) is 78.6 Å². The van der Waals surface area contributed by atoms with Crippen molar-refractivity contribution in [2.45, 2.75) is 128 Å². The van der Waals surface area contributed by atoms with Gasteiger partial charge < -0.3 is 45.4 Å². The van der Waals surface area contributed by atoms with E-state index in [1.807, 2.05) is 0 Å². The lowest BCUT2D eigenvalue weighted by molar-refractivity contribution is -0.253. The normalized spacial score (nSPS) is 49.2. The van der Waals surface area contributed by atoms with E-state index in [-0.39, 0.29) is 53.4 Å². The predicted molar refractivity (Wildman–Crippen MR) is 158 cm³/mol. The topological polar surface area (TPSA) is 186 Å². The van der Waals surface area contributed by atoms with Gasteiger partial charge in [-0.15, -0.1) is 0 Å². The maximum Gasteiger partial charge on any atom is 0.330 e. The number of nitrogens with one attached hydrogen (secondary N) is 1. The third-order valence-electron chi connectivity index (χ3n) is 13.0. The molecule has 5 fully saturated rings. The van der Waals surface area contributed by atoms with Crippen LogP contribution < -0.4 is 5.32 Å². The summed E-state index contributed by atoms with van der Waals surface area (Å²) in [6, 6.07) is -1.22. The number of rotatable bonds is 8. The first-order valence-corrected chi connectivity index (χ1v) is 16.5. The van der Waals surface area contributed by atoms with E-state index in [9.17, 15) is 40.2 Å². The standard InChI is InChI=1S/C33H53NO10/c1-5-26(39)43-18-10-11-32(3)17(12-18)13-22(36)27-20-8-7-19(33(20,4)24(37)14-21(27)32)16(2)6-9-25(38)34-28-30(41)29(40)23(15-35)44-31(28)42/h5,16-24,27-31,35-37,40-42H,1,6-15H2,2-4H3,(H,34,38)/t16-,17+,18-,19-,20+,21+,22-,23-,24+,27+,28-,29-,30-,31?,32+,33-/m1/s1. The Morgan fingerprint density at radius 3 is 2.45 bits per heavy atom. The Morgan fingerprint density at radius 1 is 1.05 bits per heavy atom. The zero-order valence-electron chi connectivity index (χ0n) is 26.3. The number of esters is 1. The van der Waals surface area contributed by atoms with Gasteiger partial charge in [0.1, 0.15) is 30.5 Å². The minimum absolute atomic E-state index is 0.0478. The second-order valence-corrected chi connectivity index (χ2v) is 15.0. The molecule has 11 nitrogen and oxygen atoms in total. The summed E-state index contributed by atoms with van der Waals surface area (Å²) in [6.07, 6.45) is 0.513. The summed E-state index contributed by atoms with van der Waals surface area (Å²) in [7, 11) is 0. The van der Waals surface area contributed by atoms with Gasteiger partial charge in [-0.05, 0) is 97.7 Å². The zero-order valence-corrected chi connectivity index (χ0v) is 26.3. The van der Waals surface area contributed by atoms with Gasteiger partial charge in [-0.25, -0.2) is 4.79 Å². The predicted octanol–water partition coefficient (Wildman–Crippen LogP) is 1.02. The Kier molecular flexibility index (Phi) is 9.89. The molecule has 1 unspecified atom stereocenters. The number of fused-ring (bicyclic) bond motifs is 5.